The zero-order chi connectivity index (χ0) is 9.02. The molecular formula is C7H11ClO3. The van der Waals surface area contributed by atoms with Crippen molar-refractivity contribution in [3.63, 3.8) is 0 Å². The molecule has 0 fully saturated rings. The van der Waals surface area contributed by atoms with E-state index in [0.717, 1.165) is 0 Å². The largest absolute Gasteiger partial charge is 0.440 e. The fourth-order valence-electron chi connectivity index (χ4n) is 0.301. The lowest BCUT2D eigenvalue weighted by Gasteiger charge is -2.12. The third-order valence-corrected chi connectivity index (χ3v) is 1.40. The van der Waals surface area contributed by atoms with Gasteiger partial charge in [0.2, 0.25) is 5.56 Å². The Bertz CT molecular complexity index is 165. The second-order valence-electron chi connectivity index (χ2n) is 2.28. The maximum absolute atomic E-state index is 10.7. The maximum atomic E-state index is 10.7. The zero-order valence-electron chi connectivity index (χ0n) is 6.50. The Morgan fingerprint density at radius 1 is 1.73 bits per heavy atom. The van der Waals surface area contributed by atoms with Crippen LogP contribution in [0, 0.1) is 0 Å². The van der Waals surface area contributed by atoms with E-state index in [1.54, 1.807) is 0 Å². The molecule has 0 bridgehead atoms. The minimum atomic E-state index is -1.00. The molecule has 0 aromatic rings. The molecule has 3 nitrogen and oxygen atoms in total. The molecule has 0 aromatic heterocycles. The first kappa shape index (κ1) is 10.5. The lowest BCUT2D eigenvalue weighted by Crippen LogP contribution is -2.23. The number of hydrogen-bond acceptors (Lipinski definition) is 3. The Labute approximate surface area is 70.6 Å². The van der Waals surface area contributed by atoms with Gasteiger partial charge in [-0.2, -0.15) is 0 Å². The first-order valence-electron chi connectivity index (χ1n) is 3.13. The number of ether oxygens (including phenoxy) is 1. The maximum Gasteiger partial charge on any atom is 0.334 e. The van der Waals surface area contributed by atoms with E-state index in [-0.39, 0.29) is 5.57 Å². The van der Waals surface area contributed by atoms with Crippen LogP contribution in [-0.4, -0.2) is 22.7 Å². The molecule has 0 rings (SSSR count). The van der Waals surface area contributed by atoms with Crippen molar-refractivity contribution in [1.82, 2.24) is 0 Å². The van der Waals surface area contributed by atoms with Crippen molar-refractivity contribution < 1.29 is 14.6 Å². The highest BCUT2D eigenvalue weighted by Crippen LogP contribution is 2.06. The van der Waals surface area contributed by atoms with Gasteiger partial charge in [-0.1, -0.05) is 18.2 Å². The summed E-state index contributed by atoms with van der Waals surface area (Å²) in [5.74, 6) is -0.592. The van der Waals surface area contributed by atoms with Gasteiger partial charge in [-0.15, -0.1) is 0 Å². The molecule has 0 radical (unpaired) electrons. The normalized spacial score (nSPS) is 15.3. The number of rotatable bonds is 3. The summed E-state index contributed by atoms with van der Waals surface area (Å²) in [5, 5.41) is 8.81. The summed E-state index contributed by atoms with van der Waals surface area (Å²) >= 11 is 5.42. The first-order valence-corrected chi connectivity index (χ1v) is 3.57. The predicted molar refractivity (Wildman–Crippen MR) is 42.2 cm³/mol. The smallest absolute Gasteiger partial charge is 0.334 e. The number of carbonyl (C=O) groups is 1. The standard InChI is InChI=1S/C7H11ClO3/c1-4(2)7(10)11-6(8)5(3)9/h5-6,9H,1H2,2-3H3. The molecule has 64 valence electrons. The van der Waals surface area contributed by atoms with Gasteiger partial charge in [0.05, 0.1) is 0 Å². The predicted octanol–water partition coefficient (Wildman–Crippen LogP) is 1.05. The third-order valence-electron chi connectivity index (χ3n) is 0.947. The van der Waals surface area contributed by atoms with Crippen LogP contribution in [0.2, 0.25) is 0 Å². The summed E-state index contributed by atoms with van der Waals surface area (Å²) in [4.78, 5) is 10.7. The van der Waals surface area contributed by atoms with E-state index in [1.165, 1.54) is 13.8 Å². The van der Waals surface area contributed by atoms with Crippen LogP contribution in [0.15, 0.2) is 12.2 Å². The Balaban J connectivity index is 3.85. The van der Waals surface area contributed by atoms with Gasteiger partial charge in [-0.05, 0) is 13.8 Å². The molecule has 2 unspecified atom stereocenters. The molecule has 0 heterocycles. The molecule has 0 aliphatic carbocycles. The Hall–Kier alpha value is -0.540. The van der Waals surface area contributed by atoms with Crippen LogP contribution in [0.5, 0.6) is 0 Å². The van der Waals surface area contributed by atoms with Crippen molar-refractivity contribution >= 4 is 17.6 Å². The number of alkyl halides is 1. The highest BCUT2D eigenvalue weighted by Gasteiger charge is 2.16. The molecule has 11 heavy (non-hydrogen) atoms. The topological polar surface area (TPSA) is 46.5 Å². The molecule has 1 N–H and O–H groups in total. The van der Waals surface area contributed by atoms with E-state index in [2.05, 4.69) is 11.3 Å². The van der Waals surface area contributed by atoms with Crippen molar-refractivity contribution in [2.45, 2.75) is 25.5 Å². The number of halogens is 1. The van der Waals surface area contributed by atoms with E-state index >= 15 is 0 Å². The Morgan fingerprint density at radius 3 is 2.45 bits per heavy atom. The van der Waals surface area contributed by atoms with Gasteiger partial charge in [0.25, 0.3) is 0 Å². The molecule has 0 saturated heterocycles. The van der Waals surface area contributed by atoms with Gasteiger partial charge < -0.3 is 9.84 Å². The summed E-state index contributed by atoms with van der Waals surface area (Å²) in [7, 11) is 0. The van der Waals surface area contributed by atoms with Crippen LogP contribution in [0.25, 0.3) is 0 Å². The number of hydrogen-bond donors (Lipinski definition) is 1. The molecule has 0 aliphatic heterocycles. The molecule has 0 spiro atoms. The number of aliphatic hydroxyl groups is 1. The van der Waals surface area contributed by atoms with Gasteiger partial charge in [0, 0.05) is 5.57 Å². The highest BCUT2D eigenvalue weighted by molar-refractivity contribution is 6.20. The van der Waals surface area contributed by atoms with E-state index < -0.39 is 17.6 Å². The molecule has 4 heteroatoms. The zero-order valence-corrected chi connectivity index (χ0v) is 7.26. The number of esters is 1. The SMILES string of the molecule is C=C(C)C(=O)OC(Cl)C(C)O. The van der Waals surface area contributed by atoms with E-state index in [0.29, 0.717) is 0 Å². The van der Waals surface area contributed by atoms with Crippen LogP contribution >= 0.6 is 11.6 Å². The summed E-state index contributed by atoms with van der Waals surface area (Å²) in [6.45, 7) is 6.29. The molecule has 2 atom stereocenters. The van der Waals surface area contributed by atoms with Gasteiger partial charge in [-0.25, -0.2) is 4.79 Å². The van der Waals surface area contributed by atoms with Crippen LogP contribution in [0.3, 0.4) is 0 Å². The summed E-state index contributed by atoms with van der Waals surface area (Å²) in [6.07, 6.45) is -0.875. The quantitative estimate of drug-likeness (QED) is 0.399. The van der Waals surface area contributed by atoms with Crippen LogP contribution in [0.1, 0.15) is 13.8 Å². The van der Waals surface area contributed by atoms with Crippen molar-refractivity contribution in [1.29, 1.82) is 0 Å². The lowest BCUT2D eigenvalue weighted by molar-refractivity contribution is -0.144. The average molecular weight is 179 g/mol. The number of carbonyl (C=O) groups excluding carboxylic acids is 1. The van der Waals surface area contributed by atoms with Gasteiger partial charge in [-0.3, -0.25) is 0 Å². The Kier molecular flexibility index (Phi) is 4.15. The molecule has 0 saturated carbocycles. The van der Waals surface area contributed by atoms with Gasteiger partial charge >= 0.3 is 5.97 Å². The first-order chi connectivity index (χ1) is 4.95. The number of aliphatic hydroxyl groups excluding tert-OH is 1. The second kappa shape index (κ2) is 4.36. The van der Waals surface area contributed by atoms with Gasteiger partial charge in [0.1, 0.15) is 6.10 Å². The van der Waals surface area contributed by atoms with Crippen LogP contribution < -0.4 is 0 Å². The fraction of sp³-hybridized carbons (Fsp3) is 0.571. The molecular weight excluding hydrogens is 168 g/mol. The van der Waals surface area contributed by atoms with Crippen molar-refractivity contribution in [3.05, 3.63) is 12.2 Å². The monoisotopic (exact) mass is 178 g/mol. The molecule has 0 amide bonds. The second-order valence-corrected chi connectivity index (χ2v) is 2.71. The minimum absolute atomic E-state index is 0.260. The van der Waals surface area contributed by atoms with Gasteiger partial charge in [0.15, 0.2) is 0 Å². The van der Waals surface area contributed by atoms with Crippen molar-refractivity contribution in [3.8, 4) is 0 Å². The summed E-state index contributed by atoms with van der Waals surface area (Å²) in [5.41, 5.74) is -0.740. The summed E-state index contributed by atoms with van der Waals surface area (Å²) in [6, 6.07) is 0. The fourth-order valence-corrected chi connectivity index (χ4v) is 0.382. The highest BCUT2D eigenvalue weighted by atomic mass is 35.5. The van der Waals surface area contributed by atoms with Crippen LogP contribution in [-0.2, 0) is 9.53 Å². The van der Waals surface area contributed by atoms with E-state index in [9.17, 15) is 4.79 Å². The average Bonchev–Trinajstić information content (AvgIpc) is 1.87. The lowest BCUT2D eigenvalue weighted by atomic mass is 10.3. The van der Waals surface area contributed by atoms with E-state index in [1.807, 2.05) is 0 Å². The molecule has 0 aliphatic rings. The molecule has 0 aromatic carbocycles. The van der Waals surface area contributed by atoms with Crippen molar-refractivity contribution in [2.75, 3.05) is 0 Å². The van der Waals surface area contributed by atoms with E-state index in [4.69, 9.17) is 16.7 Å². The minimum Gasteiger partial charge on any atom is -0.440 e. The summed E-state index contributed by atoms with van der Waals surface area (Å²) < 4.78 is 4.55. The van der Waals surface area contributed by atoms with Crippen molar-refractivity contribution in [2.24, 2.45) is 0 Å². The Morgan fingerprint density at radius 2 is 2.18 bits per heavy atom. The van der Waals surface area contributed by atoms with Crippen LogP contribution in [0.4, 0.5) is 0 Å². The third kappa shape index (κ3) is 4.01.